The van der Waals surface area contributed by atoms with E-state index >= 15 is 0 Å². The van der Waals surface area contributed by atoms with Crippen LogP contribution in [0.3, 0.4) is 0 Å². The van der Waals surface area contributed by atoms with Gasteiger partial charge in [-0.1, -0.05) is 64.0 Å². The third-order valence-electron chi connectivity index (χ3n) is 3.96. The third kappa shape index (κ3) is 14.6. The average molecular weight is 358 g/mol. The second-order valence-corrected chi connectivity index (χ2v) is 6.71. The highest BCUT2D eigenvalue weighted by atomic mass is 32.1. The molecule has 5 heteroatoms. The average Bonchev–Trinajstić information content (AvgIpc) is 2.55. The maximum atomic E-state index is 12.0. The summed E-state index contributed by atoms with van der Waals surface area (Å²) in [6, 6.07) is 0. The molecule has 1 atom stereocenters. The van der Waals surface area contributed by atoms with Crippen molar-refractivity contribution in [2.24, 2.45) is 5.92 Å². The van der Waals surface area contributed by atoms with Gasteiger partial charge in [0.2, 0.25) is 5.91 Å². The lowest BCUT2D eigenvalue weighted by Gasteiger charge is -2.11. The van der Waals surface area contributed by atoms with E-state index in [0.717, 1.165) is 19.3 Å². The molecule has 0 aliphatic heterocycles. The van der Waals surface area contributed by atoms with Crippen LogP contribution in [0.15, 0.2) is 12.2 Å². The van der Waals surface area contributed by atoms with Crippen molar-refractivity contribution in [1.29, 1.82) is 0 Å². The molecule has 0 aromatic heterocycles. The fourth-order valence-electron chi connectivity index (χ4n) is 2.51. The molecular weight excluding hydrogens is 322 g/mol. The number of hydrogen-bond donors (Lipinski definition) is 3. The molecule has 24 heavy (non-hydrogen) atoms. The zero-order valence-corrected chi connectivity index (χ0v) is 16.0. The maximum absolute atomic E-state index is 12.0. The molecule has 0 radical (unpaired) electrons. The number of carbonyl (C=O) groups is 2. The molecule has 0 spiro atoms. The number of unbranched alkanes of at least 4 members (excludes halogenated alkanes) is 8. The van der Waals surface area contributed by atoms with Crippen molar-refractivity contribution in [3.63, 3.8) is 0 Å². The molecule has 0 aliphatic rings. The topological polar surface area (TPSA) is 66.4 Å². The van der Waals surface area contributed by atoms with E-state index in [9.17, 15) is 9.59 Å². The molecule has 4 nitrogen and oxygen atoms in total. The van der Waals surface area contributed by atoms with Gasteiger partial charge in [0.05, 0.1) is 12.3 Å². The van der Waals surface area contributed by atoms with Crippen LogP contribution in [0.1, 0.15) is 77.6 Å². The van der Waals surface area contributed by atoms with Gasteiger partial charge in [-0.3, -0.25) is 9.59 Å². The zero-order chi connectivity index (χ0) is 18.0. The Kier molecular flexibility index (Phi) is 16.2. The third-order valence-corrected chi connectivity index (χ3v) is 4.27. The molecule has 0 aromatic rings. The Bertz CT molecular complexity index is 359. The van der Waals surface area contributed by atoms with Crippen LogP contribution in [0.4, 0.5) is 0 Å². The summed E-state index contributed by atoms with van der Waals surface area (Å²) in [5.41, 5.74) is 0. The Balaban J connectivity index is 3.91. The van der Waals surface area contributed by atoms with Gasteiger partial charge in [0.15, 0.2) is 0 Å². The summed E-state index contributed by atoms with van der Waals surface area (Å²) in [6.45, 7) is 2.77. The number of thiol groups is 1. The Morgan fingerprint density at radius 3 is 2.25 bits per heavy atom. The number of nitrogens with one attached hydrogen (secondary N) is 1. The fourth-order valence-corrected chi connectivity index (χ4v) is 2.67. The number of carboxylic acid groups (broad SMARTS) is 1. The predicted octanol–water partition coefficient (Wildman–Crippen LogP) is 4.60. The van der Waals surface area contributed by atoms with Crippen molar-refractivity contribution in [2.45, 2.75) is 77.6 Å². The molecule has 0 saturated heterocycles. The zero-order valence-electron chi connectivity index (χ0n) is 15.1. The standard InChI is InChI=1S/C19H35NO3S/c1-2-3-4-5-6-7-8-9-10-11-13-17(16-18(21)22)19(23)20-14-12-15-24/h11,13,17,24H,2-10,12,14-16H2,1H3,(H,20,23)(H,21,22). The van der Waals surface area contributed by atoms with E-state index in [0.29, 0.717) is 12.3 Å². The molecule has 0 fully saturated rings. The molecule has 0 saturated carbocycles. The van der Waals surface area contributed by atoms with E-state index < -0.39 is 11.9 Å². The van der Waals surface area contributed by atoms with Crippen molar-refractivity contribution < 1.29 is 14.7 Å². The first kappa shape index (κ1) is 23.0. The maximum Gasteiger partial charge on any atom is 0.304 e. The second-order valence-electron chi connectivity index (χ2n) is 6.26. The summed E-state index contributed by atoms with van der Waals surface area (Å²) in [6.07, 6.45) is 15.4. The van der Waals surface area contributed by atoms with Gasteiger partial charge in [-0.25, -0.2) is 0 Å². The minimum Gasteiger partial charge on any atom is -0.481 e. The highest BCUT2D eigenvalue weighted by Crippen LogP contribution is 2.11. The van der Waals surface area contributed by atoms with E-state index in [1.165, 1.54) is 44.9 Å². The number of amides is 1. The van der Waals surface area contributed by atoms with Gasteiger partial charge >= 0.3 is 5.97 Å². The molecule has 0 aliphatic carbocycles. The van der Waals surface area contributed by atoms with E-state index in [4.69, 9.17) is 5.11 Å². The summed E-state index contributed by atoms with van der Waals surface area (Å²) in [7, 11) is 0. The Labute approximate surface area is 152 Å². The molecule has 140 valence electrons. The Hall–Kier alpha value is -0.970. The van der Waals surface area contributed by atoms with E-state index in [1.807, 2.05) is 6.08 Å². The summed E-state index contributed by atoms with van der Waals surface area (Å²) < 4.78 is 0. The van der Waals surface area contributed by atoms with Crippen LogP contribution in [0.5, 0.6) is 0 Å². The van der Waals surface area contributed by atoms with Crippen molar-refractivity contribution in [3.8, 4) is 0 Å². The molecule has 0 aromatic carbocycles. The molecule has 0 bridgehead atoms. The number of hydrogen-bond acceptors (Lipinski definition) is 3. The van der Waals surface area contributed by atoms with E-state index in [-0.39, 0.29) is 12.3 Å². The molecule has 0 heterocycles. The van der Waals surface area contributed by atoms with Gasteiger partial charge in [0, 0.05) is 6.54 Å². The normalized spacial score (nSPS) is 12.4. The number of allylic oxidation sites excluding steroid dienone is 1. The lowest BCUT2D eigenvalue weighted by atomic mass is 10.0. The van der Waals surface area contributed by atoms with Gasteiger partial charge in [-0.15, -0.1) is 0 Å². The van der Waals surface area contributed by atoms with E-state index in [2.05, 4.69) is 24.9 Å². The summed E-state index contributed by atoms with van der Waals surface area (Å²) in [5, 5.41) is 11.7. The molecule has 1 unspecified atom stereocenters. The van der Waals surface area contributed by atoms with Crippen LogP contribution in [0.25, 0.3) is 0 Å². The highest BCUT2D eigenvalue weighted by molar-refractivity contribution is 7.80. The monoisotopic (exact) mass is 357 g/mol. The minimum absolute atomic E-state index is 0.152. The summed E-state index contributed by atoms with van der Waals surface area (Å²) >= 11 is 4.09. The van der Waals surface area contributed by atoms with Crippen LogP contribution in [0, 0.1) is 5.92 Å². The quantitative estimate of drug-likeness (QED) is 0.215. The van der Waals surface area contributed by atoms with Crippen molar-refractivity contribution >= 4 is 24.5 Å². The summed E-state index contributed by atoms with van der Waals surface area (Å²) in [4.78, 5) is 22.9. The lowest BCUT2D eigenvalue weighted by Crippen LogP contribution is -2.32. The first-order valence-corrected chi connectivity index (χ1v) is 10.0. The largest absolute Gasteiger partial charge is 0.481 e. The van der Waals surface area contributed by atoms with Crippen LogP contribution >= 0.6 is 12.6 Å². The smallest absolute Gasteiger partial charge is 0.304 e. The fraction of sp³-hybridized carbons (Fsp3) is 0.789. The van der Waals surface area contributed by atoms with Crippen molar-refractivity contribution in [3.05, 3.63) is 12.2 Å². The van der Waals surface area contributed by atoms with Crippen molar-refractivity contribution in [1.82, 2.24) is 5.32 Å². The Morgan fingerprint density at radius 2 is 1.67 bits per heavy atom. The predicted molar refractivity (Wildman–Crippen MR) is 104 cm³/mol. The molecular formula is C19H35NO3S. The van der Waals surface area contributed by atoms with Gasteiger partial charge in [-0.05, 0) is 25.0 Å². The van der Waals surface area contributed by atoms with Crippen LogP contribution in [0.2, 0.25) is 0 Å². The summed E-state index contributed by atoms with van der Waals surface area (Å²) in [5.74, 6) is -1.01. The van der Waals surface area contributed by atoms with Gasteiger partial charge in [0.25, 0.3) is 0 Å². The molecule has 2 N–H and O–H groups in total. The van der Waals surface area contributed by atoms with Crippen molar-refractivity contribution in [2.75, 3.05) is 12.3 Å². The first-order valence-electron chi connectivity index (χ1n) is 9.38. The first-order chi connectivity index (χ1) is 11.6. The van der Waals surface area contributed by atoms with Crippen LogP contribution in [-0.2, 0) is 9.59 Å². The van der Waals surface area contributed by atoms with Gasteiger partial charge in [-0.2, -0.15) is 12.6 Å². The SMILES string of the molecule is CCCCCCCCCCC=CC(CC(=O)O)C(=O)NCCCS. The minimum atomic E-state index is -0.943. The van der Waals surface area contributed by atoms with Crippen LogP contribution in [-0.4, -0.2) is 29.3 Å². The van der Waals surface area contributed by atoms with Gasteiger partial charge in [0.1, 0.15) is 0 Å². The second kappa shape index (κ2) is 16.9. The number of rotatable bonds is 16. The van der Waals surface area contributed by atoms with Crippen LogP contribution < -0.4 is 5.32 Å². The van der Waals surface area contributed by atoms with Gasteiger partial charge < -0.3 is 10.4 Å². The number of carbonyl (C=O) groups excluding carboxylic acids is 1. The highest BCUT2D eigenvalue weighted by Gasteiger charge is 2.18. The lowest BCUT2D eigenvalue weighted by molar-refractivity contribution is -0.140. The number of aliphatic carboxylic acids is 1. The van der Waals surface area contributed by atoms with E-state index in [1.54, 1.807) is 6.08 Å². The number of carboxylic acids is 1. The molecule has 1 amide bonds. The molecule has 0 rings (SSSR count). The Morgan fingerprint density at radius 1 is 1.04 bits per heavy atom.